The van der Waals surface area contributed by atoms with Gasteiger partial charge in [-0.3, -0.25) is 9.69 Å². The van der Waals surface area contributed by atoms with Crippen LogP contribution in [-0.4, -0.2) is 35.5 Å². The van der Waals surface area contributed by atoms with Crippen molar-refractivity contribution in [3.63, 3.8) is 0 Å². The monoisotopic (exact) mass is 338 g/mol. The van der Waals surface area contributed by atoms with Crippen LogP contribution in [0.1, 0.15) is 36.0 Å². The molecule has 2 rings (SSSR count). The maximum atomic E-state index is 13.8. The Hall–Kier alpha value is -2.41. The summed E-state index contributed by atoms with van der Waals surface area (Å²) >= 11 is 0. The number of hydrogen-bond donors (Lipinski definition) is 2. The Labute approximate surface area is 138 Å². The molecule has 1 amide bonds. The molecular formula is C17H20F2N2O3. The second-order valence-corrected chi connectivity index (χ2v) is 5.24. The lowest BCUT2D eigenvalue weighted by Crippen LogP contribution is -2.38. The fourth-order valence-corrected chi connectivity index (χ4v) is 2.62. The largest absolute Gasteiger partial charge is 0.507 e. The number of hydrogen-bond acceptors (Lipinski definition) is 4. The number of likely N-dealkylation sites (N-methyl/N-ethyl adjacent to an activating group) is 1. The molecular weight excluding hydrogens is 318 g/mol. The van der Waals surface area contributed by atoms with Crippen LogP contribution in [0, 0.1) is 11.6 Å². The van der Waals surface area contributed by atoms with E-state index >= 15 is 0 Å². The maximum absolute atomic E-state index is 13.8. The molecule has 5 nitrogen and oxygen atoms in total. The summed E-state index contributed by atoms with van der Waals surface area (Å²) < 4.78 is 32.2. The number of nitrogens with zero attached hydrogens (tertiary/aromatic N) is 1. The van der Waals surface area contributed by atoms with E-state index in [4.69, 9.17) is 4.42 Å². The second kappa shape index (κ2) is 7.92. The number of nitrogens with one attached hydrogen (secondary N) is 1. The standard InChI is InChI=1S/C17H20F2N2O3/c1-3-21(4-2)13(15-6-5-7-24-15)10-20-17(23)16-12(19)8-11(18)9-14(16)22/h5-9,13,22H,3-4,10H2,1-2H3,(H,20,23). The van der Waals surface area contributed by atoms with Crippen LogP contribution in [0.25, 0.3) is 0 Å². The van der Waals surface area contributed by atoms with E-state index in [0.29, 0.717) is 17.9 Å². The number of carbonyl (C=O) groups excluding carboxylic acids is 1. The highest BCUT2D eigenvalue weighted by Crippen LogP contribution is 2.23. The van der Waals surface area contributed by atoms with Crippen LogP contribution in [0.3, 0.4) is 0 Å². The van der Waals surface area contributed by atoms with E-state index in [1.165, 1.54) is 0 Å². The van der Waals surface area contributed by atoms with Crippen LogP contribution in [-0.2, 0) is 0 Å². The lowest BCUT2D eigenvalue weighted by atomic mass is 10.1. The van der Waals surface area contributed by atoms with Crippen molar-refractivity contribution in [2.45, 2.75) is 19.9 Å². The Kier molecular flexibility index (Phi) is 5.92. The van der Waals surface area contributed by atoms with Gasteiger partial charge in [-0.2, -0.15) is 0 Å². The van der Waals surface area contributed by atoms with Crippen molar-refractivity contribution in [1.82, 2.24) is 10.2 Å². The highest BCUT2D eigenvalue weighted by Gasteiger charge is 2.24. The summed E-state index contributed by atoms with van der Waals surface area (Å²) in [6, 6.07) is 4.57. The van der Waals surface area contributed by atoms with Gasteiger partial charge in [0.2, 0.25) is 0 Å². The number of furan rings is 1. The fourth-order valence-electron chi connectivity index (χ4n) is 2.62. The summed E-state index contributed by atoms with van der Waals surface area (Å²) in [5.74, 6) is -2.93. The first kappa shape index (κ1) is 17.9. The first-order valence-corrected chi connectivity index (χ1v) is 7.71. The summed E-state index contributed by atoms with van der Waals surface area (Å²) in [5.41, 5.74) is -0.575. The topological polar surface area (TPSA) is 65.7 Å². The quantitative estimate of drug-likeness (QED) is 0.814. The van der Waals surface area contributed by atoms with E-state index in [0.717, 1.165) is 13.1 Å². The van der Waals surface area contributed by atoms with Crippen molar-refractivity contribution in [2.75, 3.05) is 19.6 Å². The van der Waals surface area contributed by atoms with Crippen LogP contribution in [0.15, 0.2) is 34.9 Å². The van der Waals surface area contributed by atoms with E-state index in [9.17, 15) is 18.7 Å². The minimum atomic E-state index is -1.11. The molecule has 130 valence electrons. The Balaban J connectivity index is 2.16. The molecule has 0 aliphatic heterocycles. The molecule has 24 heavy (non-hydrogen) atoms. The van der Waals surface area contributed by atoms with Gasteiger partial charge in [0.15, 0.2) is 0 Å². The molecule has 0 saturated carbocycles. The number of phenols is 1. The maximum Gasteiger partial charge on any atom is 0.258 e. The minimum Gasteiger partial charge on any atom is -0.507 e. The van der Waals surface area contributed by atoms with Crippen molar-refractivity contribution in [3.05, 3.63) is 53.5 Å². The number of carbonyl (C=O) groups is 1. The first-order valence-electron chi connectivity index (χ1n) is 7.71. The van der Waals surface area contributed by atoms with Crippen LogP contribution in [0.2, 0.25) is 0 Å². The number of amides is 1. The van der Waals surface area contributed by atoms with Crippen molar-refractivity contribution < 1.29 is 23.1 Å². The highest BCUT2D eigenvalue weighted by molar-refractivity contribution is 5.97. The molecule has 0 bridgehead atoms. The minimum absolute atomic E-state index is 0.157. The number of phenolic OH excluding ortho intramolecular Hbond substituents is 1. The zero-order valence-electron chi connectivity index (χ0n) is 13.6. The molecule has 0 aliphatic rings. The predicted molar refractivity (Wildman–Crippen MR) is 84.7 cm³/mol. The third-order valence-electron chi connectivity index (χ3n) is 3.84. The molecule has 0 fully saturated rings. The van der Waals surface area contributed by atoms with Crippen LogP contribution in [0.4, 0.5) is 8.78 Å². The van der Waals surface area contributed by atoms with Gasteiger partial charge in [0.1, 0.15) is 28.7 Å². The van der Waals surface area contributed by atoms with Gasteiger partial charge < -0.3 is 14.8 Å². The molecule has 1 unspecified atom stereocenters. The Bertz CT molecular complexity index is 662. The van der Waals surface area contributed by atoms with Gasteiger partial charge in [-0.15, -0.1) is 0 Å². The number of rotatable bonds is 7. The lowest BCUT2D eigenvalue weighted by molar-refractivity contribution is 0.0922. The summed E-state index contributed by atoms with van der Waals surface area (Å²) in [5, 5.41) is 12.2. The van der Waals surface area contributed by atoms with Crippen molar-refractivity contribution in [3.8, 4) is 5.75 Å². The molecule has 2 N–H and O–H groups in total. The Morgan fingerprint density at radius 1 is 1.33 bits per heavy atom. The molecule has 1 aromatic heterocycles. The third-order valence-corrected chi connectivity index (χ3v) is 3.84. The van der Waals surface area contributed by atoms with Crippen molar-refractivity contribution in [2.24, 2.45) is 0 Å². The number of halogens is 2. The number of benzene rings is 1. The van der Waals surface area contributed by atoms with Crippen LogP contribution in [0.5, 0.6) is 5.75 Å². The summed E-state index contributed by atoms with van der Waals surface area (Å²) in [4.78, 5) is 14.3. The summed E-state index contributed by atoms with van der Waals surface area (Å²) in [6.07, 6.45) is 1.54. The van der Waals surface area contributed by atoms with Crippen molar-refractivity contribution >= 4 is 5.91 Å². The molecule has 0 aliphatic carbocycles. The van der Waals surface area contributed by atoms with E-state index in [1.54, 1.807) is 18.4 Å². The third kappa shape index (κ3) is 3.91. The number of aromatic hydroxyl groups is 1. The van der Waals surface area contributed by atoms with Crippen LogP contribution < -0.4 is 5.32 Å². The predicted octanol–water partition coefficient (Wildman–Crippen LogP) is 3.08. The lowest BCUT2D eigenvalue weighted by Gasteiger charge is -2.28. The van der Waals surface area contributed by atoms with Gasteiger partial charge in [0, 0.05) is 18.7 Å². The highest BCUT2D eigenvalue weighted by atomic mass is 19.1. The zero-order chi connectivity index (χ0) is 17.7. The smallest absolute Gasteiger partial charge is 0.258 e. The molecule has 1 heterocycles. The molecule has 1 atom stereocenters. The molecule has 2 aromatic rings. The van der Waals surface area contributed by atoms with E-state index in [2.05, 4.69) is 10.2 Å². The van der Waals surface area contributed by atoms with Gasteiger partial charge in [-0.25, -0.2) is 8.78 Å². The van der Waals surface area contributed by atoms with E-state index < -0.39 is 28.9 Å². The zero-order valence-corrected chi connectivity index (χ0v) is 13.6. The Morgan fingerprint density at radius 3 is 2.58 bits per heavy atom. The van der Waals surface area contributed by atoms with Gasteiger partial charge in [0.25, 0.3) is 5.91 Å². The molecule has 1 aromatic carbocycles. The molecule has 0 spiro atoms. The normalized spacial score (nSPS) is 12.4. The van der Waals surface area contributed by atoms with Gasteiger partial charge >= 0.3 is 0 Å². The van der Waals surface area contributed by atoms with E-state index in [1.807, 2.05) is 13.8 Å². The van der Waals surface area contributed by atoms with Gasteiger partial charge in [-0.1, -0.05) is 13.8 Å². The van der Waals surface area contributed by atoms with E-state index in [-0.39, 0.29) is 12.6 Å². The average Bonchev–Trinajstić information content (AvgIpc) is 3.04. The Morgan fingerprint density at radius 2 is 2.04 bits per heavy atom. The molecule has 0 radical (unpaired) electrons. The van der Waals surface area contributed by atoms with Gasteiger partial charge in [-0.05, 0) is 25.2 Å². The van der Waals surface area contributed by atoms with Crippen molar-refractivity contribution in [1.29, 1.82) is 0 Å². The average molecular weight is 338 g/mol. The molecule has 7 heteroatoms. The summed E-state index contributed by atoms with van der Waals surface area (Å²) in [7, 11) is 0. The second-order valence-electron chi connectivity index (χ2n) is 5.24. The SMILES string of the molecule is CCN(CC)C(CNC(=O)c1c(O)cc(F)cc1F)c1ccco1. The summed E-state index contributed by atoms with van der Waals surface area (Å²) in [6.45, 7) is 5.57. The first-order chi connectivity index (χ1) is 11.5. The van der Waals surface area contributed by atoms with Crippen LogP contribution >= 0.6 is 0 Å². The van der Waals surface area contributed by atoms with Gasteiger partial charge in [0.05, 0.1) is 12.3 Å². The molecule has 0 saturated heterocycles. The fraction of sp³-hybridized carbons (Fsp3) is 0.353.